The molecule has 21 heavy (non-hydrogen) atoms. The number of nitrogens with one attached hydrogen (secondary N) is 2. The second-order valence-corrected chi connectivity index (χ2v) is 6.45. The fourth-order valence-electron chi connectivity index (χ4n) is 3.27. The topological polar surface area (TPSA) is 61.4 Å². The molecule has 0 spiro atoms. The van der Waals surface area contributed by atoms with Gasteiger partial charge < -0.3 is 15.5 Å². The predicted molar refractivity (Wildman–Crippen MR) is 83.3 cm³/mol. The zero-order valence-electron chi connectivity index (χ0n) is 12.5. The van der Waals surface area contributed by atoms with Gasteiger partial charge in [-0.1, -0.05) is 0 Å². The molecule has 2 amide bonds. The van der Waals surface area contributed by atoms with Crippen LogP contribution in [0.25, 0.3) is 0 Å². The van der Waals surface area contributed by atoms with Gasteiger partial charge in [-0.25, -0.2) is 0 Å². The average Bonchev–Trinajstić information content (AvgIpc) is 3.32. The van der Waals surface area contributed by atoms with Crippen LogP contribution in [0.5, 0.6) is 0 Å². The fourth-order valence-corrected chi connectivity index (χ4v) is 3.27. The van der Waals surface area contributed by atoms with Crippen molar-refractivity contribution < 1.29 is 9.59 Å². The Bertz CT molecular complexity index is 381. The van der Waals surface area contributed by atoms with E-state index in [4.69, 9.17) is 0 Å². The van der Waals surface area contributed by atoms with Crippen LogP contribution < -0.4 is 10.6 Å². The van der Waals surface area contributed by atoms with Crippen molar-refractivity contribution in [3.63, 3.8) is 0 Å². The van der Waals surface area contributed by atoms with E-state index in [1.54, 1.807) is 0 Å². The second kappa shape index (κ2) is 7.45. The van der Waals surface area contributed by atoms with Crippen LogP contribution in [0.3, 0.4) is 0 Å². The van der Waals surface area contributed by atoms with E-state index < -0.39 is 0 Å². The van der Waals surface area contributed by atoms with Crippen LogP contribution in [0.4, 0.5) is 0 Å². The molecule has 2 atom stereocenters. The number of rotatable bonds is 3. The van der Waals surface area contributed by atoms with Crippen LogP contribution in [0, 0.1) is 11.8 Å². The lowest BCUT2D eigenvalue weighted by Gasteiger charge is -2.33. The zero-order valence-corrected chi connectivity index (χ0v) is 13.3. The van der Waals surface area contributed by atoms with Gasteiger partial charge >= 0.3 is 0 Å². The Morgan fingerprint density at radius 3 is 2.52 bits per heavy atom. The number of carbonyl (C=O) groups is 2. The van der Waals surface area contributed by atoms with E-state index in [0.29, 0.717) is 6.54 Å². The van der Waals surface area contributed by atoms with Crippen LogP contribution in [0.1, 0.15) is 38.5 Å². The van der Waals surface area contributed by atoms with Gasteiger partial charge in [-0.3, -0.25) is 9.59 Å². The molecule has 120 valence electrons. The summed E-state index contributed by atoms with van der Waals surface area (Å²) < 4.78 is 0. The lowest BCUT2D eigenvalue weighted by Crippen LogP contribution is -2.51. The molecule has 3 aliphatic rings. The number of hydrogen-bond donors (Lipinski definition) is 2. The third kappa shape index (κ3) is 4.33. The van der Waals surface area contributed by atoms with Gasteiger partial charge in [-0.15, -0.1) is 12.4 Å². The number of hydrogen-bond acceptors (Lipinski definition) is 3. The third-order valence-electron chi connectivity index (χ3n) is 4.67. The third-order valence-corrected chi connectivity index (χ3v) is 4.67. The molecule has 0 aromatic carbocycles. The standard InChI is InChI=1S/C15H25N3O2.ClH/c19-14(17-13-4-1-7-16-9-13)12-3-2-8-18(10-12)15(20)11-5-6-11;/h11-13,16H,1-10H2,(H,17,19);1H/t12?,13-;/m0./s1. The summed E-state index contributed by atoms with van der Waals surface area (Å²) in [4.78, 5) is 26.4. The Morgan fingerprint density at radius 2 is 1.86 bits per heavy atom. The van der Waals surface area contributed by atoms with Crippen molar-refractivity contribution in [3.8, 4) is 0 Å². The smallest absolute Gasteiger partial charge is 0.225 e. The van der Waals surface area contributed by atoms with Crippen LogP contribution in [-0.4, -0.2) is 48.9 Å². The molecule has 5 nitrogen and oxygen atoms in total. The van der Waals surface area contributed by atoms with Crippen LogP contribution in [-0.2, 0) is 9.59 Å². The first-order valence-electron chi connectivity index (χ1n) is 8.04. The average molecular weight is 316 g/mol. The van der Waals surface area contributed by atoms with E-state index in [1.807, 2.05) is 4.90 Å². The van der Waals surface area contributed by atoms with E-state index in [9.17, 15) is 9.59 Å². The van der Waals surface area contributed by atoms with Crippen molar-refractivity contribution in [1.29, 1.82) is 0 Å². The summed E-state index contributed by atoms with van der Waals surface area (Å²) in [5, 5.41) is 6.47. The SMILES string of the molecule is Cl.O=C(N[C@H]1CCCNC1)C1CCCN(C(=O)C2CC2)C1. The maximum Gasteiger partial charge on any atom is 0.225 e. The molecule has 0 aromatic heterocycles. The Labute approximate surface area is 132 Å². The van der Waals surface area contributed by atoms with Gasteiger partial charge in [0.1, 0.15) is 0 Å². The summed E-state index contributed by atoms with van der Waals surface area (Å²) >= 11 is 0. The number of amides is 2. The van der Waals surface area contributed by atoms with Gasteiger partial charge in [0.25, 0.3) is 0 Å². The second-order valence-electron chi connectivity index (χ2n) is 6.45. The lowest BCUT2D eigenvalue weighted by molar-refractivity contribution is -0.137. The van der Waals surface area contributed by atoms with Gasteiger partial charge in [-0.05, 0) is 45.1 Å². The summed E-state index contributed by atoms with van der Waals surface area (Å²) in [6, 6.07) is 0.269. The predicted octanol–water partition coefficient (Wildman–Crippen LogP) is 0.925. The number of likely N-dealkylation sites (tertiary alicyclic amines) is 1. The molecular weight excluding hydrogens is 290 g/mol. The summed E-state index contributed by atoms with van der Waals surface area (Å²) in [6.07, 6.45) is 6.15. The van der Waals surface area contributed by atoms with Crippen LogP contribution >= 0.6 is 12.4 Å². The molecule has 0 aromatic rings. The molecule has 3 rings (SSSR count). The van der Waals surface area contributed by atoms with Gasteiger partial charge in [0.05, 0.1) is 5.92 Å². The Balaban J connectivity index is 0.00000161. The molecule has 2 aliphatic heterocycles. The van der Waals surface area contributed by atoms with E-state index in [1.165, 1.54) is 0 Å². The minimum atomic E-state index is -0.00613. The van der Waals surface area contributed by atoms with E-state index in [0.717, 1.165) is 58.2 Å². The van der Waals surface area contributed by atoms with Crippen molar-refractivity contribution in [2.75, 3.05) is 26.2 Å². The summed E-state index contributed by atoms with van der Waals surface area (Å²) in [6.45, 7) is 3.40. The molecule has 6 heteroatoms. The molecule has 0 bridgehead atoms. The Kier molecular flexibility index (Phi) is 5.88. The first kappa shape index (κ1) is 16.6. The number of halogens is 1. The Morgan fingerprint density at radius 1 is 1.05 bits per heavy atom. The largest absolute Gasteiger partial charge is 0.352 e. The van der Waals surface area contributed by atoms with Gasteiger partial charge in [0.2, 0.25) is 11.8 Å². The monoisotopic (exact) mass is 315 g/mol. The summed E-state index contributed by atoms with van der Waals surface area (Å²) in [7, 11) is 0. The van der Waals surface area contributed by atoms with E-state index >= 15 is 0 Å². The molecule has 1 aliphatic carbocycles. The van der Waals surface area contributed by atoms with Gasteiger partial charge in [0.15, 0.2) is 0 Å². The molecule has 3 fully saturated rings. The Hall–Kier alpha value is -0.810. The molecule has 2 heterocycles. The number of nitrogens with zero attached hydrogens (tertiary/aromatic N) is 1. The van der Waals surface area contributed by atoms with Crippen molar-refractivity contribution in [2.24, 2.45) is 11.8 Å². The van der Waals surface area contributed by atoms with Crippen LogP contribution in [0.2, 0.25) is 0 Å². The minimum absolute atomic E-state index is 0. The number of piperidine rings is 2. The van der Waals surface area contributed by atoms with E-state index in [2.05, 4.69) is 10.6 Å². The normalized spacial score (nSPS) is 29.4. The van der Waals surface area contributed by atoms with Gasteiger partial charge in [0, 0.05) is 31.6 Å². The highest BCUT2D eigenvalue weighted by atomic mass is 35.5. The minimum Gasteiger partial charge on any atom is -0.352 e. The molecule has 2 N–H and O–H groups in total. The first-order chi connectivity index (χ1) is 9.74. The van der Waals surface area contributed by atoms with Crippen molar-refractivity contribution in [2.45, 2.75) is 44.6 Å². The highest BCUT2D eigenvalue weighted by Gasteiger charge is 2.36. The first-order valence-corrected chi connectivity index (χ1v) is 8.04. The highest BCUT2D eigenvalue weighted by Crippen LogP contribution is 2.32. The molecule has 1 unspecified atom stereocenters. The fraction of sp³-hybridized carbons (Fsp3) is 0.867. The van der Waals surface area contributed by atoms with Crippen molar-refractivity contribution in [1.82, 2.24) is 15.5 Å². The summed E-state index contributed by atoms with van der Waals surface area (Å²) in [5.41, 5.74) is 0. The lowest BCUT2D eigenvalue weighted by atomic mass is 9.95. The zero-order chi connectivity index (χ0) is 13.9. The van der Waals surface area contributed by atoms with Crippen LogP contribution in [0.15, 0.2) is 0 Å². The summed E-state index contributed by atoms with van der Waals surface area (Å²) in [5.74, 6) is 0.682. The highest BCUT2D eigenvalue weighted by molar-refractivity contribution is 5.85. The van der Waals surface area contributed by atoms with Crippen molar-refractivity contribution >= 4 is 24.2 Å². The maximum atomic E-state index is 12.3. The maximum absolute atomic E-state index is 12.3. The molecular formula is C15H26ClN3O2. The quantitative estimate of drug-likeness (QED) is 0.814. The molecule has 0 radical (unpaired) electrons. The van der Waals surface area contributed by atoms with Crippen molar-refractivity contribution in [3.05, 3.63) is 0 Å². The molecule has 1 saturated carbocycles. The number of carbonyl (C=O) groups excluding carboxylic acids is 2. The van der Waals surface area contributed by atoms with E-state index in [-0.39, 0.29) is 42.1 Å². The molecule has 2 saturated heterocycles. The van der Waals surface area contributed by atoms with Gasteiger partial charge in [-0.2, -0.15) is 0 Å².